The van der Waals surface area contributed by atoms with Gasteiger partial charge in [-0.15, -0.1) is 0 Å². The number of carbonyl (C=O) groups excluding carboxylic acids is 1. The van der Waals surface area contributed by atoms with Crippen LogP contribution in [-0.4, -0.2) is 34.2 Å². The molecule has 0 radical (unpaired) electrons. The van der Waals surface area contributed by atoms with Crippen molar-refractivity contribution in [3.05, 3.63) is 47.7 Å². The van der Waals surface area contributed by atoms with Gasteiger partial charge in [-0.1, -0.05) is 24.3 Å². The zero-order chi connectivity index (χ0) is 15.5. The van der Waals surface area contributed by atoms with Crippen LogP contribution in [0, 0.1) is 0 Å². The van der Waals surface area contributed by atoms with Gasteiger partial charge >= 0.3 is 0 Å². The van der Waals surface area contributed by atoms with Crippen LogP contribution in [0.1, 0.15) is 30.0 Å². The van der Waals surface area contributed by atoms with Gasteiger partial charge in [0, 0.05) is 25.4 Å². The van der Waals surface area contributed by atoms with Crippen LogP contribution in [0.4, 0.5) is 5.82 Å². The Morgan fingerprint density at radius 3 is 3.00 bits per heavy atom. The summed E-state index contributed by atoms with van der Waals surface area (Å²) >= 11 is 0. The third-order valence-corrected chi connectivity index (χ3v) is 4.24. The van der Waals surface area contributed by atoms with E-state index in [-0.39, 0.29) is 5.91 Å². The molecule has 0 saturated carbocycles. The van der Waals surface area contributed by atoms with Gasteiger partial charge in [0.2, 0.25) is 5.91 Å². The number of nitrogens with zero attached hydrogens (tertiary/aromatic N) is 3. The highest BCUT2D eigenvalue weighted by molar-refractivity contribution is 5.91. The summed E-state index contributed by atoms with van der Waals surface area (Å²) < 4.78 is 1.68. The number of hydrogen-bond donors (Lipinski definition) is 1. The molecule has 5 heteroatoms. The molecule has 1 aromatic heterocycles. The maximum atomic E-state index is 12.2. The third kappa shape index (κ3) is 3.20. The summed E-state index contributed by atoms with van der Waals surface area (Å²) in [5, 5.41) is 7.02. The SMILES string of the molecule is CN(CC(=O)Nc1ccn(C)n1)[C@@H]1CCCc2ccccc21. The summed E-state index contributed by atoms with van der Waals surface area (Å²) in [4.78, 5) is 14.3. The average molecular weight is 298 g/mol. The molecule has 1 heterocycles. The predicted molar refractivity (Wildman–Crippen MR) is 86.6 cm³/mol. The lowest BCUT2D eigenvalue weighted by atomic mass is 9.87. The van der Waals surface area contributed by atoms with E-state index >= 15 is 0 Å². The van der Waals surface area contributed by atoms with Gasteiger partial charge in [0.25, 0.3) is 0 Å². The highest BCUT2D eigenvalue weighted by atomic mass is 16.2. The standard InChI is InChI=1S/C17H22N4O/c1-20(12-17(22)18-16-10-11-21(2)19-16)15-9-5-7-13-6-3-4-8-14(13)15/h3-4,6,8,10-11,15H,5,7,9,12H2,1-2H3,(H,18,19,22)/t15-/m1/s1. The lowest BCUT2D eigenvalue weighted by Gasteiger charge is -2.32. The summed E-state index contributed by atoms with van der Waals surface area (Å²) in [5.74, 6) is 0.578. The molecule has 1 N–H and O–H groups in total. The molecule has 22 heavy (non-hydrogen) atoms. The van der Waals surface area contributed by atoms with Crippen LogP contribution < -0.4 is 5.32 Å². The van der Waals surface area contributed by atoms with Gasteiger partial charge in [0.1, 0.15) is 0 Å². The Morgan fingerprint density at radius 2 is 2.23 bits per heavy atom. The Labute approximate surface area is 130 Å². The highest BCUT2D eigenvalue weighted by Crippen LogP contribution is 2.33. The van der Waals surface area contributed by atoms with E-state index in [9.17, 15) is 4.79 Å². The highest BCUT2D eigenvalue weighted by Gasteiger charge is 2.24. The molecule has 116 valence electrons. The fourth-order valence-corrected chi connectivity index (χ4v) is 3.19. The number of rotatable bonds is 4. The molecule has 1 amide bonds. The zero-order valence-electron chi connectivity index (χ0n) is 13.1. The molecule has 0 aliphatic heterocycles. The number of hydrogen-bond acceptors (Lipinski definition) is 3. The predicted octanol–water partition coefficient (Wildman–Crippen LogP) is 2.37. The van der Waals surface area contributed by atoms with E-state index in [1.165, 1.54) is 17.5 Å². The summed E-state index contributed by atoms with van der Waals surface area (Å²) in [7, 11) is 3.85. The van der Waals surface area contributed by atoms with Crippen LogP contribution in [0.3, 0.4) is 0 Å². The van der Waals surface area contributed by atoms with Crippen LogP contribution in [0.5, 0.6) is 0 Å². The van der Waals surface area contributed by atoms with Crippen molar-refractivity contribution in [1.29, 1.82) is 0 Å². The molecular weight excluding hydrogens is 276 g/mol. The maximum absolute atomic E-state index is 12.2. The van der Waals surface area contributed by atoms with Crippen molar-refractivity contribution in [1.82, 2.24) is 14.7 Å². The first-order valence-corrected chi connectivity index (χ1v) is 7.71. The maximum Gasteiger partial charge on any atom is 0.239 e. The monoisotopic (exact) mass is 298 g/mol. The second-order valence-electron chi connectivity index (χ2n) is 5.94. The number of likely N-dealkylation sites (N-methyl/N-ethyl adjacent to an activating group) is 1. The van der Waals surface area contributed by atoms with E-state index in [2.05, 4.69) is 39.6 Å². The number of amides is 1. The van der Waals surface area contributed by atoms with Gasteiger partial charge in [-0.05, 0) is 37.4 Å². The third-order valence-electron chi connectivity index (χ3n) is 4.24. The van der Waals surface area contributed by atoms with Gasteiger partial charge in [0.15, 0.2) is 5.82 Å². The number of aryl methyl sites for hydroxylation is 2. The van der Waals surface area contributed by atoms with Gasteiger partial charge < -0.3 is 5.32 Å². The molecule has 0 saturated heterocycles. The Bertz CT molecular complexity index is 664. The van der Waals surface area contributed by atoms with Crippen molar-refractivity contribution in [3.63, 3.8) is 0 Å². The van der Waals surface area contributed by atoms with E-state index < -0.39 is 0 Å². The topological polar surface area (TPSA) is 50.2 Å². The molecule has 0 bridgehead atoms. The zero-order valence-corrected chi connectivity index (χ0v) is 13.1. The molecule has 1 aromatic carbocycles. The molecule has 0 fully saturated rings. The minimum absolute atomic E-state index is 0.0238. The smallest absolute Gasteiger partial charge is 0.239 e. The summed E-state index contributed by atoms with van der Waals surface area (Å²) in [6.45, 7) is 0.371. The molecule has 1 aliphatic rings. The second-order valence-corrected chi connectivity index (χ2v) is 5.94. The molecule has 1 aliphatic carbocycles. The van der Waals surface area contributed by atoms with Crippen LogP contribution in [-0.2, 0) is 18.3 Å². The fourth-order valence-electron chi connectivity index (χ4n) is 3.19. The molecule has 2 aromatic rings. The average Bonchev–Trinajstić information content (AvgIpc) is 2.91. The van der Waals surface area contributed by atoms with E-state index in [0.717, 1.165) is 12.8 Å². The van der Waals surface area contributed by atoms with Crippen LogP contribution in [0.25, 0.3) is 0 Å². The summed E-state index contributed by atoms with van der Waals surface area (Å²) in [6.07, 6.45) is 5.23. The first kappa shape index (κ1) is 14.8. The minimum atomic E-state index is -0.0238. The molecule has 3 rings (SSSR count). The Morgan fingerprint density at radius 1 is 1.41 bits per heavy atom. The van der Waals surface area contributed by atoms with E-state index in [0.29, 0.717) is 18.4 Å². The number of aromatic nitrogens is 2. The van der Waals surface area contributed by atoms with Crippen LogP contribution >= 0.6 is 0 Å². The molecule has 0 unspecified atom stereocenters. The van der Waals surface area contributed by atoms with Gasteiger partial charge in [0.05, 0.1) is 6.54 Å². The van der Waals surface area contributed by atoms with E-state index in [1.54, 1.807) is 10.7 Å². The quantitative estimate of drug-likeness (QED) is 0.943. The number of benzene rings is 1. The summed E-state index contributed by atoms with van der Waals surface area (Å²) in [6, 6.07) is 10.7. The van der Waals surface area contributed by atoms with Crippen LogP contribution in [0.15, 0.2) is 36.5 Å². The second kappa shape index (κ2) is 6.32. The number of nitrogens with one attached hydrogen (secondary N) is 1. The van der Waals surface area contributed by atoms with Gasteiger partial charge in [-0.25, -0.2) is 0 Å². The lowest BCUT2D eigenvalue weighted by Crippen LogP contribution is -2.35. The molecule has 0 spiro atoms. The normalized spacial score (nSPS) is 17.3. The van der Waals surface area contributed by atoms with Gasteiger partial charge in [-0.2, -0.15) is 5.10 Å². The van der Waals surface area contributed by atoms with Crippen LogP contribution in [0.2, 0.25) is 0 Å². The first-order valence-electron chi connectivity index (χ1n) is 7.71. The molecule has 1 atom stereocenters. The van der Waals surface area contributed by atoms with Crippen molar-refractivity contribution in [2.45, 2.75) is 25.3 Å². The largest absolute Gasteiger partial charge is 0.308 e. The minimum Gasteiger partial charge on any atom is -0.308 e. The van der Waals surface area contributed by atoms with E-state index in [4.69, 9.17) is 0 Å². The van der Waals surface area contributed by atoms with E-state index in [1.807, 2.05) is 20.3 Å². The van der Waals surface area contributed by atoms with Crippen molar-refractivity contribution in [2.75, 3.05) is 18.9 Å². The van der Waals surface area contributed by atoms with Crippen molar-refractivity contribution < 1.29 is 4.79 Å². The number of carbonyl (C=O) groups is 1. The van der Waals surface area contributed by atoms with Crippen molar-refractivity contribution in [2.24, 2.45) is 7.05 Å². The van der Waals surface area contributed by atoms with Gasteiger partial charge in [-0.3, -0.25) is 14.4 Å². The van der Waals surface area contributed by atoms with Crippen molar-refractivity contribution in [3.8, 4) is 0 Å². The Hall–Kier alpha value is -2.14. The number of anilines is 1. The fraction of sp³-hybridized carbons (Fsp3) is 0.412. The first-order chi connectivity index (χ1) is 10.6. The summed E-state index contributed by atoms with van der Waals surface area (Å²) in [5.41, 5.74) is 2.78. The Balaban J connectivity index is 1.65. The lowest BCUT2D eigenvalue weighted by molar-refractivity contribution is -0.117. The Kier molecular flexibility index (Phi) is 4.24. The molecule has 5 nitrogen and oxygen atoms in total. The van der Waals surface area contributed by atoms with Crippen molar-refractivity contribution >= 4 is 11.7 Å². The number of fused-ring (bicyclic) bond motifs is 1. The molecular formula is C17H22N4O.